The minimum absolute atomic E-state index is 0.134. The zero-order chi connectivity index (χ0) is 15.2. The van der Waals surface area contributed by atoms with Crippen LogP contribution < -0.4 is 5.32 Å². The molecule has 1 unspecified atom stereocenters. The smallest absolute Gasteiger partial charge is 0.342 e. The molecule has 0 aliphatic carbocycles. The predicted molar refractivity (Wildman–Crippen MR) is 77.0 cm³/mol. The fourth-order valence-corrected chi connectivity index (χ4v) is 1.94. The molecule has 5 heteroatoms. The Morgan fingerprint density at radius 3 is 2.52 bits per heavy atom. The molecule has 0 aliphatic heterocycles. The number of esters is 1. The molecule has 0 spiro atoms. The second kappa shape index (κ2) is 6.74. The van der Waals surface area contributed by atoms with E-state index in [0.717, 1.165) is 5.56 Å². The van der Waals surface area contributed by atoms with Gasteiger partial charge in [-0.3, -0.25) is 4.79 Å². The molecule has 0 saturated carbocycles. The molecule has 1 aromatic carbocycles. The first kappa shape index (κ1) is 14.8. The molecule has 1 atom stereocenters. The van der Waals surface area contributed by atoms with Gasteiger partial charge in [0.05, 0.1) is 18.2 Å². The second-order valence-corrected chi connectivity index (χ2v) is 4.53. The maximum Gasteiger partial charge on any atom is 0.342 e. The first-order valence-electron chi connectivity index (χ1n) is 6.72. The number of ether oxygens (including phenoxy) is 1. The van der Waals surface area contributed by atoms with Crippen molar-refractivity contribution in [3.05, 3.63) is 59.5 Å². The van der Waals surface area contributed by atoms with E-state index in [9.17, 15) is 9.59 Å². The molecular weight excluding hydrogens is 270 g/mol. The van der Waals surface area contributed by atoms with E-state index in [1.165, 1.54) is 12.5 Å². The van der Waals surface area contributed by atoms with Crippen molar-refractivity contribution < 1.29 is 18.7 Å². The Labute approximate surface area is 122 Å². The highest BCUT2D eigenvalue weighted by Crippen LogP contribution is 2.16. The van der Waals surface area contributed by atoms with E-state index < -0.39 is 5.97 Å². The highest BCUT2D eigenvalue weighted by molar-refractivity contribution is 6.05. The van der Waals surface area contributed by atoms with E-state index in [-0.39, 0.29) is 29.7 Å². The van der Waals surface area contributed by atoms with Crippen LogP contribution in [0.5, 0.6) is 0 Å². The third-order valence-electron chi connectivity index (χ3n) is 3.05. The van der Waals surface area contributed by atoms with Gasteiger partial charge in [0.1, 0.15) is 18.1 Å². The molecule has 2 aromatic rings. The average molecular weight is 287 g/mol. The van der Waals surface area contributed by atoms with Crippen molar-refractivity contribution in [3.63, 3.8) is 0 Å². The van der Waals surface area contributed by atoms with Crippen molar-refractivity contribution in [1.82, 2.24) is 5.32 Å². The molecule has 1 aromatic heterocycles. The molecule has 2 rings (SSSR count). The number of carbonyl (C=O) groups is 2. The van der Waals surface area contributed by atoms with Crippen molar-refractivity contribution in [3.8, 4) is 0 Å². The molecule has 0 radical (unpaired) electrons. The van der Waals surface area contributed by atoms with Crippen LogP contribution >= 0.6 is 0 Å². The van der Waals surface area contributed by atoms with Crippen LogP contribution in [-0.2, 0) is 4.74 Å². The number of furan rings is 1. The first-order valence-corrected chi connectivity index (χ1v) is 6.72. The zero-order valence-corrected chi connectivity index (χ0v) is 12.0. The topological polar surface area (TPSA) is 68.5 Å². The van der Waals surface area contributed by atoms with E-state index >= 15 is 0 Å². The van der Waals surface area contributed by atoms with Gasteiger partial charge in [-0.1, -0.05) is 30.3 Å². The molecule has 1 N–H and O–H groups in total. The lowest BCUT2D eigenvalue weighted by molar-refractivity contribution is 0.0522. The van der Waals surface area contributed by atoms with Crippen molar-refractivity contribution in [1.29, 1.82) is 0 Å². The lowest BCUT2D eigenvalue weighted by Crippen LogP contribution is -2.27. The summed E-state index contributed by atoms with van der Waals surface area (Å²) in [5, 5.41) is 2.83. The third-order valence-corrected chi connectivity index (χ3v) is 3.05. The fourth-order valence-electron chi connectivity index (χ4n) is 1.94. The lowest BCUT2D eigenvalue weighted by atomic mass is 10.1. The van der Waals surface area contributed by atoms with E-state index in [0.29, 0.717) is 0 Å². The van der Waals surface area contributed by atoms with E-state index in [1.54, 1.807) is 6.92 Å². The Hall–Kier alpha value is -2.56. The quantitative estimate of drug-likeness (QED) is 0.858. The van der Waals surface area contributed by atoms with Gasteiger partial charge in [0.15, 0.2) is 0 Å². The number of nitrogens with one attached hydrogen (secondary N) is 1. The maximum absolute atomic E-state index is 12.2. The summed E-state index contributed by atoms with van der Waals surface area (Å²) in [4.78, 5) is 24.0. The average Bonchev–Trinajstić information content (AvgIpc) is 2.98. The molecule has 0 aliphatic rings. The lowest BCUT2D eigenvalue weighted by Gasteiger charge is -2.14. The Morgan fingerprint density at radius 2 is 1.86 bits per heavy atom. The summed E-state index contributed by atoms with van der Waals surface area (Å²) in [5.41, 5.74) is 1.29. The summed E-state index contributed by atoms with van der Waals surface area (Å²) in [7, 11) is 0. The standard InChI is InChI=1S/C16H17NO4/c1-3-21-16(19)14-10-20-9-13(14)15(18)17-11(2)12-7-5-4-6-8-12/h4-11H,3H2,1-2H3,(H,17,18). The normalized spacial score (nSPS) is 11.7. The number of carbonyl (C=O) groups excluding carboxylic acids is 2. The van der Waals surface area contributed by atoms with Gasteiger partial charge >= 0.3 is 5.97 Å². The summed E-state index contributed by atoms with van der Waals surface area (Å²) in [6, 6.07) is 9.38. The summed E-state index contributed by atoms with van der Waals surface area (Å²) in [6.45, 7) is 3.82. The number of benzene rings is 1. The predicted octanol–water partition coefficient (Wildman–Crippen LogP) is 2.95. The SMILES string of the molecule is CCOC(=O)c1cocc1C(=O)NC(C)c1ccccc1. The summed E-state index contributed by atoms with van der Waals surface area (Å²) in [5.74, 6) is -0.938. The summed E-state index contributed by atoms with van der Waals surface area (Å²) >= 11 is 0. The molecule has 1 amide bonds. The van der Waals surface area contributed by atoms with Crippen LogP contribution in [0.4, 0.5) is 0 Å². The zero-order valence-electron chi connectivity index (χ0n) is 12.0. The highest BCUT2D eigenvalue weighted by Gasteiger charge is 2.22. The Balaban J connectivity index is 2.11. The molecule has 21 heavy (non-hydrogen) atoms. The molecule has 1 heterocycles. The number of rotatable bonds is 5. The minimum atomic E-state index is -0.566. The molecule has 110 valence electrons. The van der Waals surface area contributed by atoms with Crippen LogP contribution in [0, 0.1) is 0 Å². The van der Waals surface area contributed by atoms with Crippen molar-refractivity contribution >= 4 is 11.9 Å². The number of amides is 1. The van der Waals surface area contributed by atoms with Gasteiger partial charge in [-0.2, -0.15) is 0 Å². The first-order chi connectivity index (χ1) is 10.1. The Bertz CT molecular complexity index is 618. The van der Waals surface area contributed by atoms with E-state index in [2.05, 4.69) is 5.32 Å². The van der Waals surface area contributed by atoms with Crippen LogP contribution in [0.1, 0.15) is 46.2 Å². The molecule has 5 nitrogen and oxygen atoms in total. The Morgan fingerprint density at radius 1 is 1.19 bits per heavy atom. The van der Waals surface area contributed by atoms with Gasteiger partial charge in [0.25, 0.3) is 5.91 Å². The maximum atomic E-state index is 12.2. The third kappa shape index (κ3) is 3.51. The second-order valence-electron chi connectivity index (χ2n) is 4.53. The van der Waals surface area contributed by atoms with E-state index in [4.69, 9.17) is 9.15 Å². The number of hydrogen-bond donors (Lipinski definition) is 1. The van der Waals surface area contributed by atoms with E-state index in [1.807, 2.05) is 37.3 Å². The Kier molecular flexibility index (Phi) is 4.77. The molecular formula is C16H17NO4. The van der Waals surface area contributed by atoms with Gasteiger partial charge in [-0.15, -0.1) is 0 Å². The summed E-state index contributed by atoms with van der Waals surface area (Å²) < 4.78 is 9.85. The van der Waals surface area contributed by atoms with Crippen LogP contribution in [-0.4, -0.2) is 18.5 Å². The van der Waals surface area contributed by atoms with Crippen LogP contribution in [0.25, 0.3) is 0 Å². The van der Waals surface area contributed by atoms with Gasteiger partial charge in [-0.05, 0) is 19.4 Å². The van der Waals surface area contributed by atoms with Crippen LogP contribution in [0.15, 0.2) is 47.3 Å². The van der Waals surface area contributed by atoms with Gasteiger partial charge in [-0.25, -0.2) is 4.79 Å². The minimum Gasteiger partial charge on any atom is -0.471 e. The summed E-state index contributed by atoms with van der Waals surface area (Å²) in [6.07, 6.45) is 2.47. The molecule has 0 saturated heterocycles. The fraction of sp³-hybridized carbons (Fsp3) is 0.250. The van der Waals surface area contributed by atoms with Gasteiger partial charge < -0.3 is 14.5 Å². The van der Waals surface area contributed by atoms with Gasteiger partial charge in [0, 0.05) is 0 Å². The monoisotopic (exact) mass is 287 g/mol. The molecule has 0 bridgehead atoms. The van der Waals surface area contributed by atoms with Gasteiger partial charge in [0.2, 0.25) is 0 Å². The number of hydrogen-bond acceptors (Lipinski definition) is 4. The van der Waals surface area contributed by atoms with Crippen molar-refractivity contribution in [2.24, 2.45) is 0 Å². The van der Waals surface area contributed by atoms with Crippen LogP contribution in [0.3, 0.4) is 0 Å². The molecule has 0 fully saturated rings. The largest absolute Gasteiger partial charge is 0.471 e. The van der Waals surface area contributed by atoms with Crippen LogP contribution in [0.2, 0.25) is 0 Å². The van der Waals surface area contributed by atoms with Crippen molar-refractivity contribution in [2.45, 2.75) is 19.9 Å². The van der Waals surface area contributed by atoms with Crippen molar-refractivity contribution in [2.75, 3.05) is 6.61 Å². The highest BCUT2D eigenvalue weighted by atomic mass is 16.5.